The summed E-state index contributed by atoms with van der Waals surface area (Å²) in [6, 6.07) is 9.62. The highest BCUT2D eigenvalue weighted by molar-refractivity contribution is 6.25. The van der Waals surface area contributed by atoms with Crippen molar-refractivity contribution in [3.05, 3.63) is 41.9 Å². The summed E-state index contributed by atoms with van der Waals surface area (Å²) >= 11 is 5.31. The van der Waals surface area contributed by atoms with E-state index in [0.717, 1.165) is 5.75 Å². The average Bonchev–Trinajstić information content (AvgIpc) is 2.07. The molecule has 1 aromatic carbocycles. The minimum Gasteiger partial charge on any atom is -0.490 e. The molecule has 11 heavy (non-hydrogen) atoms. The predicted octanol–water partition coefficient (Wildman–Crippen LogP) is 2.82. The minimum absolute atomic E-state index is 0.521. The summed E-state index contributed by atoms with van der Waals surface area (Å²) in [5, 5.41) is 0. The van der Waals surface area contributed by atoms with E-state index in [0.29, 0.717) is 6.61 Å². The Morgan fingerprint density at radius 2 is 2.00 bits per heavy atom. The topological polar surface area (TPSA) is 9.23 Å². The van der Waals surface area contributed by atoms with Gasteiger partial charge in [0.1, 0.15) is 12.4 Å². The van der Waals surface area contributed by atoms with Gasteiger partial charge in [0.2, 0.25) is 0 Å². The van der Waals surface area contributed by atoms with Crippen molar-refractivity contribution in [2.75, 3.05) is 6.61 Å². The van der Waals surface area contributed by atoms with Gasteiger partial charge in [-0.1, -0.05) is 29.8 Å². The van der Waals surface area contributed by atoms with E-state index in [9.17, 15) is 0 Å². The maximum Gasteiger partial charge on any atom is 0.119 e. The number of para-hydroxylation sites is 1. The van der Waals surface area contributed by atoms with Crippen LogP contribution in [0.15, 0.2) is 41.9 Å². The fourth-order valence-corrected chi connectivity index (χ4v) is 0.770. The van der Waals surface area contributed by atoms with Gasteiger partial charge in [-0.05, 0) is 18.2 Å². The standard InChI is InChI=1S/C9H9ClO/c10-7-4-8-11-9-5-2-1-3-6-9/h1-7H,8H2/b7-4-. The second-order valence-electron chi connectivity index (χ2n) is 1.99. The Bertz CT molecular complexity index is 218. The molecule has 0 saturated carbocycles. The van der Waals surface area contributed by atoms with Crippen LogP contribution in [-0.4, -0.2) is 6.61 Å². The second-order valence-corrected chi connectivity index (χ2v) is 2.24. The molecular formula is C9H9ClO. The average molecular weight is 169 g/mol. The summed E-state index contributed by atoms with van der Waals surface area (Å²) in [5.41, 5.74) is 1.45. The molecule has 1 nitrogen and oxygen atoms in total. The highest BCUT2D eigenvalue weighted by Gasteiger charge is 1.85. The van der Waals surface area contributed by atoms with Gasteiger partial charge in [-0.25, -0.2) is 0 Å². The third-order valence-electron chi connectivity index (χ3n) is 1.18. The molecule has 0 heterocycles. The molecule has 0 fully saturated rings. The second kappa shape index (κ2) is 4.80. The summed E-state index contributed by atoms with van der Waals surface area (Å²) in [6.45, 7) is 0.521. The Labute approximate surface area is 71.3 Å². The van der Waals surface area contributed by atoms with Crippen LogP contribution in [0.25, 0.3) is 0 Å². The third-order valence-corrected chi connectivity index (χ3v) is 1.36. The SMILES string of the molecule is Cl/C=C\COc1ccccc1. The lowest BCUT2D eigenvalue weighted by atomic mass is 10.3. The molecule has 0 bridgehead atoms. The van der Waals surface area contributed by atoms with E-state index < -0.39 is 0 Å². The molecule has 1 aromatic rings. The zero-order chi connectivity index (χ0) is 7.94. The largest absolute Gasteiger partial charge is 0.490 e. The van der Waals surface area contributed by atoms with E-state index in [-0.39, 0.29) is 0 Å². The first-order valence-electron chi connectivity index (χ1n) is 3.36. The Hall–Kier alpha value is -0.950. The molecule has 0 radical (unpaired) electrons. The van der Waals surface area contributed by atoms with Crippen LogP contribution in [-0.2, 0) is 0 Å². The zero-order valence-corrected chi connectivity index (χ0v) is 6.79. The molecular weight excluding hydrogens is 160 g/mol. The first-order valence-corrected chi connectivity index (χ1v) is 3.80. The molecule has 0 aliphatic rings. The van der Waals surface area contributed by atoms with Crippen LogP contribution in [0, 0.1) is 0 Å². The van der Waals surface area contributed by atoms with Gasteiger partial charge in [-0.2, -0.15) is 0 Å². The van der Waals surface area contributed by atoms with Crippen LogP contribution in [0.1, 0.15) is 0 Å². The quantitative estimate of drug-likeness (QED) is 0.675. The van der Waals surface area contributed by atoms with Crippen molar-refractivity contribution in [1.82, 2.24) is 0 Å². The predicted molar refractivity (Wildman–Crippen MR) is 46.9 cm³/mol. The van der Waals surface area contributed by atoms with E-state index in [1.54, 1.807) is 6.08 Å². The maximum atomic E-state index is 5.31. The summed E-state index contributed by atoms with van der Waals surface area (Å²) in [6.07, 6.45) is 1.74. The molecule has 1 rings (SSSR count). The van der Waals surface area contributed by atoms with Gasteiger partial charge in [0.15, 0.2) is 0 Å². The first kappa shape index (κ1) is 8.15. The van der Waals surface area contributed by atoms with Crippen molar-refractivity contribution in [3.63, 3.8) is 0 Å². The van der Waals surface area contributed by atoms with Crippen LogP contribution in [0.3, 0.4) is 0 Å². The smallest absolute Gasteiger partial charge is 0.119 e. The number of halogens is 1. The van der Waals surface area contributed by atoms with Gasteiger partial charge in [-0.15, -0.1) is 0 Å². The lowest BCUT2D eigenvalue weighted by molar-refractivity contribution is 0.363. The normalized spacial score (nSPS) is 10.3. The van der Waals surface area contributed by atoms with Crippen LogP contribution in [0.2, 0.25) is 0 Å². The Morgan fingerprint density at radius 3 is 2.64 bits per heavy atom. The fraction of sp³-hybridized carbons (Fsp3) is 0.111. The van der Waals surface area contributed by atoms with E-state index in [1.807, 2.05) is 30.3 Å². The summed E-state index contributed by atoms with van der Waals surface area (Å²) < 4.78 is 5.28. The molecule has 0 atom stereocenters. The summed E-state index contributed by atoms with van der Waals surface area (Å²) in [7, 11) is 0. The Balaban J connectivity index is 2.39. The number of hydrogen-bond donors (Lipinski definition) is 0. The lowest BCUT2D eigenvalue weighted by Gasteiger charge is -2.00. The highest BCUT2D eigenvalue weighted by Crippen LogP contribution is 2.07. The van der Waals surface area contributed by atoms with E-state index in [2.05, 4.69) is 0 Å². The van der Waals surface area contributed by atoms with Crippen molar-refractivity contribution < 1.29 is 4.74 Å². The number of ether oxygens (including phenoxy) is 1. The Kier molecular flexibility index (Phi) is 3.56. The van der Waals surface area contributed by atoms with Gasteiger partial charge in [0, 0.05) is 5.54 Å². The van der Waals surface area contributed by atoms with Crippen LogP contribution >= 0.6 is 11.6 Å². The van der Waals surface area contributed by atoms with Gasteiger partial charge in [-0.3, -0.25) is 0 Å². The van der Waals surface area contributed by atoms with Gasteiger partial charge in [0.25, 0.3) is 0 Å². The van der Waals surface area contributed by atoms with E-state index >= 15 is 0 Å². The molecule has 0 N–H and O–H groups in total. The summed E-state index contributed by atoms with van der Waals surface area (Å²) in [4.78, 5) is 0. The minimum atomic E-state index is 0.521. The number of benzene rings is 1. The van der Waals surface area contributed by atoms with Gasteiger partial charge < -0.3 is 4.74 Å². The molecule has 0 saturated heterocycles. The van der Waals surface area contributed by atoms with E-state index in [4.69, 9.17) is 16.3 Å². The maximum absolute atomic E-state index is 5.31. The van der Waals surface area contributed by atoms with Crippen molar-refractivity contribution in [1.29, 1.82) is 0 Å². The fourth-order valence-electron chi connectivity index (χ4n) is 0.697. The monoisotopic (exact) mass is 168 g/mol. The van der Waals surface area contributed by atoms with Gasteiger partial charge >= 0.3 is 0 Å². The van der Waals surface area contributed by atoms with Crippen LogP contribution in [0.4, 0.5) is 0 Å². The molecule has 2 heteroatoms. The van der Waals surface area contributed by atoms with Crippen LogP contribution in [0.5, 0.6) is 5.75 Å². The van der Waals surface area contributed by atoms with Crippen LogP contribution < -0.4 is 4.74 Å². The molecule has 58 valence electrons. The molecule has 0 aliphatic heterocycles. The molecule has 0 aromatic heterocycles. The molecule has 0 aliphatic carbocycles. The summed E-state index contributed by atoms with van der Waals surface area (Å²) in [5.74, 6) is 0.863. The Morgan fingerprint density at radius 1 is 1.27 bits per heavy atom. The zero-order valence-electron chi connectivity index (χ0n) is 6.03. The lowest BCUT2D eigenvalue weighted by Crippen LogP contribution is -1.91. The molecule has 0 spiro atoms. The number of hydrogen-bond acceptors (Lipinski definition) is 1. The highest BCUT2D eigenvalue weighted by atomic mass is 35.5. The van der Waals surface area contributed by atoms with Crippen molar-refractivity contribution >= 4 is 11.6 Å². The number of rotatable bonds is 3. The first-order chi connectivity index (χ1) is 5.43. The molecule has 0 unspecified atom stereocenters. The third kappa shape index (κ3) is 3.10. The van der Waals surface area contributed by atoms with Crippen molar-refractivity contribution in [3.8, 4) is 5.75 Å². The van der Waals surface area contributed by atoms with E-state index in [1.165, 1.54) is 5.54 Å². The van der Waals surface area contributed by atoms with Gasteiger partial charge in [0.05, 0.1) is 0 Å². The van der Waals surface area contributed by atoms with Crippen molar-refractivity contribution in [2.45, 2.75) is 0 Å². The van der Waals surface area contributed by atoms with Crippen molar-refractivity contribution in [2.24, 2.45) is 0 Å². The molecule has 0 amide bonds.